The van der Waals surface area contributed by atoms with E-state index in [2.05, 4.69) is 5.32 Å². The van der Waals surface area contributed by atoms with Gasteiger partial charge in [0, 0.05) is 26.2 Å². The number of hydrogen-bond acceptors (Lipinski definition) is 2. The van der Waals surface area contributed by atoms with E-state index in [9.17, 15) is 4.79 Å². The molecule has 0 aliphatic carbocycles. The van der Waals surface area contributed by atoms with Crippen molar-refractivity contribution in [3.63, 3.8) is 0 Å². The first-order chi connectivity index (χ1) is 5.30. The van der Waals surface area contributed by atoms with Gasteiger partial charge in [-0.3, -0.25) is 0 Å². The summed E-state index contributed by atoms with van der Waals surface area (Å²) in [4.78, 5) is 11.9. The molecule has 0 radical (unpaired) electrons. The third-order valence-corrected chi connectivity index (χ3v) is 1.58. The number of amides is 1. The Hall–Kier alpha value is -1.03. The van der Waals surface area contributed by atoms with Gasteiger partial charge >= 0.3 is 6.09 Å². The lowest BCUT2D eigenvalue weighted by Gasteiger charge is -2.18. The van der Waals surface area contributed by atoms with Crippen molar-refractivity contribution in [2.24, 2.45) is 0 Å². The van der Waals surface area contributed by atoms with Gasteiger partial charge in [-0.1, -0.05) is 12.2 Å². The first-order valence-electron chi connectivity index (χ1n) is 3.64. The fourth-order valence-corrected chi connectivity index (χ4v) is 0.950. The second-order valence-electron chi connectivity index (χ2n) is 2.40. The van der Waals surface area contributed by atoms with Crippen molar-refractivity contribution in [3.05, 3.63) is 12.2 Å². The molecule has 1 amide bonds. The van der Waals surface area contributed by atoms with Crippen LogP contribution in [-0.4, -0.2) is 42.3 Å². The van der Waals surface area contributed by atoms with Crippen LogP contribution in [-0.2, 0) is 0 Å². The monoisotopic (exact) mass is 156 g/mol. The number of carboxylic acid groups (broad SMARTS) is 1. The summed E-state index contributed by atoms with van der Waals surface area (Å²) < 4.78 is 0. The van der Waals surface area contributed by atoms with Gasteiger partial charge in [0.1, 0.15) is 0 Å². The van der Waals surface area contributed by atoms with E-state index in [4.69, 9.17) is 5.11 Å². The Bertz CT molecular complexity index is 168. The topological polar surface area (TPSA) is 52.6 Å². The van der Waals surface area contributed by atoms with Gasteiger partial charge in [-0.25, -0.2) is 4.79 Å². The van der Waals surface area contributed by atoms with E-state index < -0.39 is 6.09 Å². The summed E-state index contributed by atoms with van der Waals surface area (Å²) in [6.07, 6.45) is 2.95. The van der Waals surface area contributed by atoms with Gasteiger partial charge in [0.15, 0.2) is 0 Å². The van der Waals surface area contributed by atoms with E-state index in [0.29, 0.717) is 13.1 Å². The lowest BCUT2D eigenvalue weighted by molar-refractivity contribution is 0.150. The van der Waals surface area contributed by atoms with E-state index in [0.717, 1.165) is 13.1 Å². The standard InChI is InChI=1S/C7H12N2O2/c10-7(11)9-5-2-1-3-8-4-6-9/h1-2,8H,3-6H2,(H,10,11)/b2-1+. The third-order valence-electron chi connectivity index (χ3n) is 1.58. The Balaban J connectivity index is 2.45. The predicted octanol–water partition coefficient (Wildman–Crippen LogP) is 0.126. The molecule has 4 heteroatoms. The summed E-state index contributed by atoms with van der Waals surface area (Å²) in [6.45, 7) is 2.65. The number of hydrogen-bond donors (Lipinski definition) is 2. The van der Waals surface area contributed by atoms with Crippen molar-refractivity contribution in [1.82, 2.24) is 10.2 Å². The summed E-state index contributed by atoms with van der Waals surface area (Å²) in [5, 5.41) is 11.7. The molecule has 0 unspecified atom stereocenters. The van der Waals surface area contributed by atoms with Gasteiger partial charge in [0.2, 0.25) is 0 Å². The minimum atomic E-state index is -0.849. The predicted molar refractivity (Wildman–Crippen MR) is 41.6 cm³/mol. The van der Waals surface area contributed by atoms with E-state index in [-0.39, 0.29) is 0 Å². The zero-order valence-electron chi connectivity index (χ0n) is 6.29. The van der Waals surface area contributed by atoms with Gasteiger partial charge in [0.25, 0.3) is 0 Å². The fourth-order valence-electron chi connectivity index (χ4n) is 0.950. The van der Waals surface area contributed by atoms with Gasteiger partial charge in [-0.05, 0) is 0 Å². The van der Waals surface area contributed by atoms with Crippen molar-refractivity contribution < 1.29 is 9.90 Å². The van der Waals surface area contributed by atoms with Crippen LogP contribution >= 0.6 is 0 Å². The molecule has 0 saturated carbocycles. The highest BCUT2D eigenvalue weighted by atomic mass is 16.4. The molecule has 2 N–H and O–H groups in total. The summed E-state index contributed by atoms with van der Waals surface area (Å²) in [5.74, 6) is 0. The van der Waals surface area contributed by atoms with Crippen LogP contribution in [0.15, 0.2) is 12.2 Å². The number of rotatable bonds is 0. The number of nitrogens with one attached hydrogen (secondary N) is 1. The minimum Gasteiger partial charge on any atom is -0.465 e. The zero-order valence-corrected chi connectivity index (χ0v) is 6.29. The second kappa shape index (κ2) is 3.98. The van der Waals surface area contributed by atoms with Crippen LogP contribution in [0, 0.1) is 0 Å². The van der Waals surface area contributed by atoms with Crippen LogP contribution in [0.4, 0.5) is 4.79 Å². The van der Waals surface area contributed by atoms with Crippen molar-refractivity contribution in [2.45, 2.75) is 0 Å². The summed E-state index contributed by atoms with van der Waals surface area (Å²) in [5.41, 5.74) is 0. The molecule has 62 valence electrons. The Morgan fingerprint density at radius 2 is 2.36 bits per heavy atom. The van der Waals surface area contributed by atoms with Crippen molar-refractivity contribution >= 4 is 6.09 Å². The van der Waals surface area contributed by atoms with Crippen LogP contribution in [0.2, 0.25) is 0 Å². The smallest absolute Gasteiger partial charge is 0.407 e. The normalized spacial score (nSPS) is 22.0. The average molecular weight is 156 g/mol. The lowest BCUT2D eigenvalue weighted by atomic mass is 10.4. The maximum Gasteiger partial charge on any atom is 0.407 e. The molecule has 11 heavy (non-hydrogen) atoms. The first-order valence-corrected chi connectivity index (χ1v) is 3.64. The van der Waals surface area contributed by atoms with Gasteiger partial charge in [-0.2, -0.15) is 0 Å². The molecule has 4 nitrogen and oxygen atoms in total. The fraction of sp³-hybridized carbons (Fsp3) is 0.571. The van der Waals surface area contributed by atoms with Crippen molar-refractivity contribution in [3.8, 4) is 0 Å². The molecule has 1 aliphatic rings. The maximum absolute atomic E-state index is 10.5. The molecule has 1 rings (SSSR count). The molecule has 0 atom stereocenters. The van der Waals surface area contributed by atoms with Crippen molar-refractivity contribution in [1.29, 1.82) is 0 Å². The zero-order chi connectivity index (χ0) is 8.10. The van der Waals surface area contributed by atoms with Gasteiger partial charge in [0.05, 0.1) is 0 Å². The highest BCUT2D eigenvalue weighted by Gasteiger charge is 2.09. The summed E-state index contributed by atoms with van der Waals surface area (Å²) in [6, 6.07) is 0. The van der Waals surface area contributed by atoms with E-state index in [1.807, 2.05) is 12.2 Å². The second-order valence-corrected chi connectivity index (χ2v) is 2.40. The molecular formula is C7H12N2O2. The van der Waals surface area contributed by atoms with Crippen molar-refractivity contribution in [2.75, 3.05) is 26.2 Å². The van der Waals surface area contributed by atoms with E-state index in [1.54, 1.807) is 0 Å². The van der Waals surface area contributed by atoms with Crippen LogP contribution in [0.5, 0.6) is 0 Å². The molecule has 0 aromatic heterocycles. The molecule has 1 heterocycles. The first kappa shape index (κ1) is 8.07. The van der Waals surface area contributed by atoms with Gasteiger partial charge in [-0.15, -0.1) is 0 Å². The highest BCUT2D eigenvalue weighted by molar-refractivity contribution is 5.65. The van der Waals surface area contributed by atoms with Crippen LogP contribution in [0.3, 0.4) is 0 Å². The van der Waals surface area contributed by atoms with E-state index in [1.165, 1.54) is 4.90 Å². The molecule has 0 aromatic rings. The number of nitrogens with zero attached hydrogens (tertiary/aromatic N) is 1. The maximum atomic E-state index is 10.5. The summed E-state index contributed by atoms with van der Waals surface area (Å²) >= 11 is 0. The minimum absolute atomic E-state index is 0.511. The summed E-state index contributed by atoms with van der Waals surface area (Å²) in [7, 11) is 0. The van der Waals surface area contributed by atoms with E-state index >= 15 is 0 Å². The Labute approximate surface area is 65.5 Å². The van der Waals surface area contributed by atoms with Gasteiger partial charge < -0.3 is 15.3 Å². The molecule has 1 aliphatic heterocycles. The number of carbonyl (C=O) groups is 1. The average Bonchev–Trinajstić information content (AvgIpc) is 1.84. The third kappa shape index (κ3) is 2.59. The Morgan fingerprint density at radius 1 is 1.55 bits per heavy atom. The molecule has 0 bridgehead atoms. The molecule has 0 fully saturated rings. The lowest BCUT2D eigenvalue weighted by Crippen LogP contribution is -2.37. The molecule has 0 aromatic carbocycles. The molecular weight excluding hydrogens is 144 g/mol. The quantitative estimate of drug-likeness (QED) is 0.490. The van der Waals surface area contributed by atoms with Crippen LogP contribution in [0.1, 0.15) is 0 Å². The molecule has 0 saturated heterocycles. The SMILES string of the molecule is O=C(O)N1C/C=C/CNCC1. The van der Waals surface area contributed by atoms with Crippen LogP contribution in [0.25, 0.3) is 0 Å². The molecule has 0 spiro atoms. The van der Waals surface area contributed by atoms with Crippen LogP contribution < -0.4 is 5.32 Å². The largest absolute Gasteiger partial charge is 0.465 e. The Morgan fingerprint density at radius 3 is 3.09 bits per heavy atom. The highest BCUT2D eigenvalue weighted by Crippen LogP contribution is 1.91. The Kier molecular flexibility index (Phi) is 2.92.